The van der Waals surface area contributed by atoms with Crippen LogP contribution in [0.3, 0.4) is 0 Å². The van der Waals surface area contributed by atoms with Crippen LogP contribution in [0.1, 0.15) is 93.6 Å². The predicted molar refractivity (Wildman–Crippen MR) is 212 cm³/mol. The molecule has 0 bridgehead atoms. The summed E-state index contributed by atoms with van der Waals surface area (Å²) in [6.45, 7) is 25.8. The van der Waals surface area contributed by atoms with Crippen LogP contribution < -0.4 is 0 Å². The van der Waals surface area contributed by atoms with Crippen LogP contribution in [-0.4, -0.2) is 83.1 Å². The topological polar surface area (TPSA) is 103 Å². The summed E-state index contributed by atoms with van der Waals surface area (Å²) in [4.78, 5) is 48.8. The van der Waals surface area contributed by atoms with Crippen LogP contribution in [0.25, 0.3) is 11.3 Å². The number of aromatic nitrogens is 2. The van der Waals surface area contributed by atoms with Gasteiger partial charge in [0.05, 0.1) is 17.8 Å². The number of hydrogen-bond donors (Lipinski definition) is 0. The monoisotopic (exact) mass is 782 g/mol. The molecule has 55 heavy (non-hydrogen) atoms. The standard InChI is InChI=1S/C42H60F2N4O6Si/c1-27(52-28(2)49)38(50)48(24-30-23-47(39(51)53-41(6,7)8)26-35(30)54-55(12,13)42(9,10)11)36(40(3,4)5)37-45-34(32-21-31(43)19-20-33(32)44)25-46(37)22-29-17-15-14-16-18-29/h14-21,25,27,30,35-36H,22-24,26H2,1-13H3/t27-,30?,35?,36-/m0/s1. The first-order valence-electron chi connectivity index (χ1n) is 19.0. The van der Waals surface area contributed by atoms with Gasteiger partial charge in [-0.05, 0) is 75.0 Å². The Morgan fingerprint density at radius 2 is 1.60 bits per heavy atom. The number of benzene rings is 2. The van der Waals surface area contributed by atoms with Crippen molar-refractivity contribution in [1.29, 1.82) is 0 Å². The van der Waals surface area contributed by atoms with Gasteiger partial charge >= 0.3 is 12.1 Å². The van der Waals surface area contributed by atoms with Gasteiger partial charge in [-0.3, -0.25) is 9.59 Å². The average Bonchev–Trinajstić information content (AvgIpc) is 3.63. The van der Waals surface area contributed by atoms with Gasteiger partial charge in [0.1, 0.15) is 23.1 Å². The fourth-order valence-corrected chi connectivity index (χ4v) is 8.04. The second-order valence-electron chi connectivity index (χ2n) is 18.3. The predicted octanol–water partition coefficient (Wildman–Crippen LogP) is 9.00. The first-order chi connectivity index (χ1) is 25.3. The van der Waals surface area contributed by atoms with E-state index in [1.165, 1.54) is 13.8 Å². The SMILES string of the molecule is CC(=O)O[C@@H](C)C(=O)N(CC1CN(C(=O)OC(C)(C)C)CC1O[Si](C)(C)C(C)(C)C)[C@@H](c1nc(-c2cc(F)ccc2F)cn1Cc1ccccc1)C(C)(C)C. The molecule has 1 fully saturated rings. The Hall–Kier alpha value is -4.10. The molecule has 3 aromatic rings. The highest BCUT2D eigenvalue weighted by molar-refractivity contribution is 6.74. The van der Waals surface area contributed by atoms with E-state index < -0.39 is 67.2 Å². The number of rotatable bonds is 11. The van der Waals surface area contributed by atoms with Gasteiger partial charge in [-0.2, -0.15) is 0 Å². The summed E-state index contributed by atoms with van der Waals surface area (Å²) in [5.41, 5.74) is -0.314. The minimum atomic E-state index is -2.40. The van der Waals surface area contributed by atoms with Crippen LogP contribution in [0.2, 0.25) is 18.1 Å². The van der Waals surface area contributed by atoms with Gasteiger partial charge in [0.25, 0.3) is 5.91 Å². The summed E-state index contributed by atoms with van der Waals surface area (Å²) in [5, 5.41) is -0.144. The molecule has 1 saturated heterocycles. The number of carbonyl (C=O) groups excluding carboxylic acids is 3. The van der Waals surface area contributed by atoms with E-state index in [1.54, 1.807) is 16.0 Å². The maximum Gasteiger partial charge on any atom is 0.410 e. The lowest BCUT2D eigenvalue weighted by molar-refractivity contribution is -0.161. The van der Waals surface area contributed by atoms with Crippen LogP contribution in [-0.2, 0) is 30.0 Å². The van der Waals surface area contributed by atoms with Crippen molar-refractivity contribution < 1.29 is 37.1 Å². The normalized spacial score (nSPS) is 17.8. The molecule has 0 N–H and O–H groups in total. The Bertz CT molecular complexity index is 1830. The molecule has 1 aliphatic heterocycles. The molecule has 2 amide bonds. The van der Waals surface area contributed by atoms with Crippen molar-refractivity contribution in [3.8, 4) is 11.3 Å². The molecule has 4 rings (SSSR count). The number of amides is 2. The first kappa shape index (κ1) is 43.6. The number of imidazole rings is 1. The second-order valence-corrected chi connectivity index (χ2v) is 23.1. The largest absolute Gasteiger partial charge is 0.453 e. The van der Waals surface area contributed by atoms with Gasteiger partial charge in [-0.15, -0.1) is 0 Å². The van der Waals surface area contributed by atoms with Crippen molar-refractivity contribution in [3.05, 3.63) is 77.8 Å². The highest BCUT2D eigenvalue weighted by atomic mass is 28.4. The molecule has 2 unspecified atom stereocenters. The van der Waals surface area contributed by atoms with E-state index in [-0.39, 0.29) is 41.8 Å². The average molecular weight is 783 g/mol. The van der Waals surface area contributed by atoms with Crippen LogP contribution in [0.4, 0.5) is 13.6 Å². The third-order valence-electron chi connectivity index (χ3n) is 10.3. The van der Waals surface area contributed by atoms with Crippen molar-refractivity contribution in [2.45, 2.75) is 125 Å². The lowest BCUT2D eigenvalue weighted by atomic mass is 9.83. The van der Waals surface area contributed by atoms with Crippen LogP contribution in [0, 0.1) is 23.0 Å². The molecule has 2 aromatic carbocycles. The Morgan fingerprint density at radius 1 is 0.964 bits per heavy atom. The molecular weight excluding hydrogens is 723 g/mol. The zero-order valence-corrected chi connectivity index (χ0v) is 35.8. The molecule has 0 saturated carbocycles. The van der Waals surface area contributed by atoms with Crippen molar-refractivity contribution in [2.24, 2.45) is 11.3 Å². The van der Waals surface area contributed by atoms with Crippen molar-refractivity contribution in [3.63, 3.8) is 0 Å². The smallest absolute Gasteiger partial charge is 0.410 e. The lowest BCUT2D eigenvalue weighted by Gasteiger charge is -2.43. The lowest BCUT2D eigenvalue weighted by Crippen LogP contribution is -2.52. The highest BCUT2D eigenvalue weighted by Gasteiger charge is 2.48. The molecular formula is C42H60F2N4O6Si. The molecule has 13 heteroatoms. The Kier molecular flexibility index (Phi) is 13.1. The summed E-state index contributed by atoms with van der Waals surface area (Å²) in [5.74, 6) is -2.28. The van der Waals surface area contributed by atoms with E-state index in [4.69, 9.17) is 18.9 Å². The Balaban J connectivity index is 1.92. The highest BCUT2D eigenvalue weighted by Crippen LogP contribution is 2.43. The fraction of sp³-hybridized carbons (Fsp3) is 0.571. The van der Waals surface area contributed by atoms with E-state index >= 15 is 4.39 Å². The van der Waals surface area contributed by atoms with Gasteiger partial charge in [-0.1, -0.05) is 71.9 Å². The summed E-state index contributed by atoms with van der Waals surface area (Å²) in [6, 6.07) is 12.1. The van der Waals surface area contributed by atoms with Crippen molar-refractivity contribution >= 4 is 26.3 Å². The molecule has 4 atom stereocenters. The number of ether oxygens (including phenoxy) is 2. The molecule has 0 spiro atoms. The third-order valence-corrected chi connectivity index (χ3v) is 14.8. The number of nitrogens with zero attached hydrogens (tertiary/aromatic N) is 4. The van der Waals surface area contributed by atoms with Gasteiger partial charge in [0.15, 0.2) is 14.4 Å². The van der Waals surface area contributed by atoms with E-state index in [0.717, 1.165) is 23.8 Å². The molecule has 2 heterocycles. The number of hydrogen-bond acceptors (Lipinski definition) is 7. The van der Waals surface area contributed by atoms with E-state index in [0.29, 0.717) is 12.4 Å². The molecule has 1 aromatic heterocycles. The van der Waals surface area contributed by atoms with Crippen molar-refractivity contribution in [2.75, 3.05) is 19.6 Å². The Labute approximate surface area is 326 Å². The summed E-state index contributed by atoms with van der Waals surface area (Å²) in [7, 11) is -2.40. The minimum Gasteiger partial charge on any atom is -0.453 e. The zero-order chi connectivity index (χ0) is 41.3. The van der Waals surface area contributed by atoms with E-state index in [2.05, 4.69) is 33.9 Å². The van der Waals surface area contributed by atoms with Gasteiger partial charge in [-0.25, -0.2) is 18.6 Å². The number of likely N-dealkylation sites (tertiary alicyclic amines) is 1. The van der Waals surface area contributed by atoms with Gasteiger partial charge in [0, 0.05) is 50.8 Å². The Morgan fingerprint density at radius 3 is 2.16 bits per heavy atom. The van der Waals surface area contributed by atoms with Gasteiger partial charge < -0.3 is 28.3 Å². The summed E-state index contributed by atoms with van der Waals surface area (Å²) in [6.07, 6.45) is -0.407. The number of carbonyl (C=O) groups is 3. The zero-order valence-electron chi connectivity index (χ0n) is 34.8. The first-order valence-corrected chi connectivity index (χ1v) is 21.9. The maximum atomic E-state index is 15.3. The molecule has 0 aliphatic carbocycles. The number of halogens is 2. The van der Waals surface area contributed by atoms with Crippen LogP contribution >= 0.6 is 0 Å². The van der Waals surface area contributed by atoms with Crippen molar-refractivity contribution in [1.82, 2.24) is 19.4 Å². The fourth-order valence-electron chi connectivity index (χ4n) is 6.66. The van der Waals surface area contributed by atoms with E-state index in [1.807, 2.05) is 76.4 Å². The quantitative estimate of drug-likeness (QED) is 0.141. The minimum absolute atomic E-state index is 0.0153. The second kappa shape index (κ2) is 16.6. The molecule has 10 nitrogen and oxygen atoms in total. The van der Waals surface area contributed by atoms with Crippen LogP contribution in [0.5, 0.6) is 0 Å². The third kappa shape index (κ3) is 11.0. The molecule has 1 aliphatic rings. The molecule has 302 valence electrons. The van der Waals surface area contributed by atoms with Crippen LogP contribution in [0.15, 0.2) is 54.7 Å². The maximum absolute atomic E-state index is 15.3. The number of esters is 1. The summed E-state index contributed by atoms with van der Waals surface area (Å²) < 4.78 is 50.1. The molecule has 0 radical (unpaired) electrons. The van der Waals surface area contributed by atoms with Gasteiger partial charge in [0.2, 0.25) is 0 Å². The van der Waals surface area contributed by atoms with E-state index in [9.17, 15) is 18.8 Å². The summed E-state index contributed by atoms with van der Waals surface area (Å²) >= 11 is 0.